The Balaban J connectivity index is 1.45. The fourth-order valence-corrected chi connectivity index (χ4v) is 4.75. The maximum atomic E-state index is 13.4. The van der Waals surface area contributed by atoms with E-state index in [1.807, 2.05) is 45.5 Å². The number of thiophene rings is 1. The molecule has 5 nitrogen and oxygen atoms in total. The number of piperidine rings is 1. The summed E-state index contributed by atoms with van der Waals surface area (Å²) in [4.78, 5) is 30.8. The summed E-state index contributed by atoms with van der Waals surface area (Å²) in [5.41, 5.74) is 1.02. The highest BCUT2D eigenvalue weighted by molar-refractivity contribution is 7.09. The van der Waals surface area contributed by atoms with Crippen molar-refractivity contribution >= 4 is 23.2 Å². The lowest BCUT2D eigenvalue weighted by atomic mass is 9.94. The largest absolute Gasteiger partial charge is 0.496 e. The van der Waals surface area contributed by atoms with Gasteiger partial charge in [0, 0.05) is 41.9 Å². The molecule has 2 heterocycles. The third-order valence-electron chi connectivity index (χ3n) is 5.87. The van der Waals surface area contributed by atoms with Crippen LogP contribution in [-0.4, -0.2) is 41.8 Å². The summed E-state index contributed by atoms with van der Waals surface area (Å²) in [7, 11) is 1.66. The number of nitrogens with zero attached hydrogens (tertiary/aromatic N) is 2. The summed E-state index contributed by atoms with van der Waals surface area (Å²) in [6.07, 6.45) is 3.57. The van der Waals surface area contributed by atoms with Crippen molar-refractivity contribution in [3.8, 4) is 5.75 Å². The van der Waals surface area contributed by atoms with Gasteiger partial charge in [-0.2, -0.15) is 0 Å². The molecular weight excluding hydrogens is 384 g/mol. The van der Waals surface area contributed by atoms with Crippen LogP contribution < -0.4 is 4.74 Å². The van der Waals surface area contributed by atoms with E-state index in [2.05, 4.69) is 6.07 Å². The van der Waals surface area contributed by atoms with Crippen LogP contribution in [0.2, 0.25) is 0 Å². The Kier molecular flexibility index (Phi) is 6.19. The molecule has 0 bridgehead atoms. The third kappa shape index (κ3) is 4.81. The number of hydrogen-bond acceptors (Lipinski definition) is 4. The average Bonchev–Trinajstić information content (AvgIpc) is 3.49. The number of methoxy groups -OCH3 is 1. The number of carbonyl (C=O) groups excluding carboxylic acids is 2. The number of benzene rings is 1. The van der Waals surface area contributed by atoms with Gasteiger partial charge in [0.15, 0.2) is 0 Å². The minimum atomic E-state index is -0.0204. The zero-order valence-corrected chi connectivity index (χ0v) is 17.7. The Bertz CT molecular complexity index is 840. The molecule has 2 aromatic rings. The van der Waals surface area contributed by atoms with Crippen molar-refractivity contribution in [2.24, 2.45) is 11.8 Å². The molecule has 0 spiro atoms. The fourth-order valence-electron chi connectivity index (χ4n) is 4.04. The van der Waals surface area contributed by atoms with Gasteiger partial charge in [0.05, 0.1) is 13.7 Å². The Morgan fingerprint density at radius 1 is 1.03 bits per heavy atom. The number of amides is 2. The summed E-state index contributed by atoms with van der Waals surface area (Å²) in [5, 5.41) is 2.04. The van der Waals surface area contributed by atoms with Crippen LogP contribution in [0.3, 0.4) is 0 Å². The zero-order chi connectivity index (χ0) is 20.2. The number of ether oxygens (including phenoxy) is 1. The van der Waals surface area contributed by atoms with E-state index >= 15 is 0 Å². The maximum absolute atomic E-state index is 13.4. The average molecular weight is 413 g/mol. The maximum Gasteiger partial charge on any atom is 0.226 e. The minimum absolute atomic E-state index is 0.0204. The highest BCUT2D eigenvalue weighted by Crippen LogP contribution is 2.33. The SMILES string of the molecule is COc1ccccc1CN(Cc1cccs1)C(=O)C1CCN(C(=O)C2CC2)CC1. The van der Waals surface area contributed by atoms with Gasteiger partial charge in [-0.25, -0.2) is 0 Å². The Morgan fingerprint density at radius 2 is 1.79 bits per heavy atom. The molecule has 1 saturated carbocycles. The summed E-state index contributed by atoms with van der Waals surface area (Å²) in [6.45, 7) is 2.54. The monoisotopic (exact) mass is 412 g/mol. The molecular formula is C23H28N2O3S. The van der Waals surface area contributed by atoms with E-state index < -0.39 is 0 Å². The van der Waals surface area contributed by atoms with E-state index in [-0.39, 0.29) is 17.7 Å². The first-order valence-electron chi connectivity index (χ1n) is 10.4. The van der Waals surface area contributed by atoms with Crippen LogP contribution in [0.5, 0.6) is 5.75 Å². The van der Waals surface area contributed by atoms with Gasteiger partial charge in [-0.05, 0) is 43.2 Å². The van der Waals surface area contributed by atoms with Crippen LogP contribution in [0.1, 0.15) is 36.1 Å². The molecule has 6 heteroatoms. The molecule has 1 aliphatic carbocycles. The second-order valence-electron chi connectivity index (χ2n) is 7.96. The Labute approximate surface area is 176 Å². The van der Waals surface area contributed by atoms with Crippen LogP contribution in [0.25, 0.3) is 0 Å². The van der Waals surface area contributed by atoms with Gasteiger partial charge in [0.1, 0.15) is 5.75 Å². The van der Waals surface area contributed by atoms with Gasteiger partial charge in [-0.15, -0.1) is 11.3 Å². The van der Waals surface area contributed by atoms with E-state index in [0.29, 0.717) is 32.1 Å². The smallest absolute Gasteiger partial charge is 0.226 e. The standard InChI is InChI=1S/C23H28N2O3S/c1-28-21-7-3-2-5-19(21)15-25(16-20-6-4-14-29-20)23(27)18-10-12-24(13-11-18)22(26)17-8-9-17/h2-7,14,17-18H,8-13,15-16H2,1H3. The number of likely N-dealkylation sites (tertiary alicyclic amines) is 1. The fraction of sp³-hybridized carbons (Fsp3) is 0.478. The lowest BCUT2D eigenvalue weighted by Crippen LogP contribution is -2.44. The quantitative estimate of drug-likeness (QED) is 0.692. The molecule has 29 heavy (non-hydrogen) atoms. The minimum Gasteiger partial charge on any atom is -0.496 e. The van der Waals surface area contributed by atoms with Gasteiger partial charge >= 0.3 is 0 Å². The van der Waals surface area contributed by atoms with Crippen molar-refractivity contribution in [2.45, 2.75) is 38.8 Å². The molecule has 2 aliphatic rings. The molecule has 1 aromatic carbocycles. The number of carbonyl (C=O) groups is 2. The first kappa shape index (κ1) is 20.0. The highest BCUT2D eigenvalue weighted by atomic mass is 32.1. The molecule has 2 fully saturated rings. The lowest BCUT2D eigenvalue weighted by Gasteiger charge is -2.34. The van der Waals surface area contributed by atoms with Gasteiger partial charge < -0.3 is 14.5 Å². The second-order valence-corrected chi connectivity index (χ2v) is 8.99. The summed E-state index contributed by atoms with van der Waals surface area (Å²) >= 11 is 1.67. The molecule has 154 valence electrons. The van der Waals surface area contributed by atoms with E-state index in [0.717, 1.165) is 37.0 Å². The normalized spacial score (nSPS) is 17.2. The molecule has 1 aliphatic heterocycles. The molecule has 0 N–H and O–H groups in total. The first-order valence-corrected chi connectivity index (χ1v) is 11.3. The molecule has 1 aromatic heterocycles. The van der Waals surface area contributed by atoms with Gasteiger partial charge in [0.2, 0.25) is 11.8 Å². The third-order valence-corrected chi connectivity index (χ3v) is 6.74. The Hall–Kier alpha value is -2.34. The van der Waals surface area contributed by atoms with Gasteiger partial charge in [-0.3, -0.25) is 9.59 Å². The van der Waals surface area contributed by atoms with E-state index in [1.165, 1.54) is 4.88 Å². The molecule has 4 rings (SSSR count). The molecule has 0 unspecified atom stereocenters. The number of hydrogen-bond donors (Lipinski definition) is 0. The van der Waals surface area contributed by atoms with Crippen molar-refractivity contribution in [3.05, 3.63) is 52.2 Å². The van der Waals surface area contributed by atoms with Crippen molar-refractivity contribution in [1.82, 2.24) is 9.80 Å². The Morgan fingerprint density at radius 3 is 2.45 bits per heavy atom. The van der Waals surface area contributed by atoms with Crippen molar-refractivity contribution in [3.63, 3.8) is 0 Å². The van der Waals surface area contributed by atoms with Crippen LogP contribution in [0, 0.1) is 11.8 Å². The molecule has 1 saturated heterocycles. The van der Waals surface area contributed by atoms with E-state index in [1.54, 1.807) is 18.4 Å². The lowest BCUT2D eigenvalue weighted by molar-refractivity contribution is -0.142. The second kappa shape index (κ2) is 8.99. The van der Waals surface area contributed by atoms with Crippen molar-refractivity contribution in [1.29, 1.82) is 0 Å². The summed E-state index contributed by atoms with van der Waals surface area (Å²) in [6, 6.07) is 12.0. The van der Waals surface area contributed by atoms with Crippen LogP contribution >= 0.6 is 11.3 Å². The first-order chi connectivity index (χ1) is 14.2. The van der Waals surface area contributed by atoms with Gasteiger partial charge in [-0.1, -0.05) is 24.3 Å². The number of rotatable bonds is 7. The highest BCUT2D eigenvalue weighted by Gasteiger charge is 2.36. The van der Waals surface area contributed by atoms with Gasteiger partial charge in [0.25, 0.3) is 0 Å². The number of para-hydroxylation sites is 1. The predicted octanol–water partition coefficient (Wildman–Crippen LogP) is 3.93. The van der Waals surface area contributed by atoms with Crippen LogP contribution in [0.4, 0.5) is 0 Å². The summed E-state index contributed by atoms with van der Waals surface area (Å²) < 4.78 is 5.50. The van der Waals surface area contributed by atoms with Crippen molar-refractivity contribution < 1.29 is 14.3 Å². The van der Waals surface area contributed by atoms with Crippen LogP contribution in [0.15, 0.2) is 41.8 Å². The van der Waals surface area contributed by atoms with Crippen LogP contribution in [-0.2, 0) is 22.7 Å². The predicted molar refractivity (Wildman–Crippen MR) is 114 cm³/mol. The molecule has 0 atom stereocenters. The molecule has 2 amide bonds. The van der Waals surface area contributed by atoms with Crippen molar-refractivity contribution in [2.75, 3.05) is 20.2 Å². The van der Waals surface area contributed by atoms with E-state index in [4.69, 9.17) is 4.74 Å². The zero-order valence-electron chi connectivity index (χ0n) is 16.9. The molecule has 0 radical (unpaired) electrons. The summed E-state index contributed by atoms with van der Waals surface area (Å²) in [5.74, 6) is 1.51. The topological polar surface area (TPSA) is 49.9 Å². The van der Waals surface area contributed by atoms with E-state index in [9.17, 15) is 9.59 Å².